The Bertz CT molecular complexity index is 1010. The normalized spacial score (nSPS) is 29.7. The molecule has 10 heteroatoms. The van der Waals surface area contributed by atoms with Gasteiger partial charge in [-0.05, 0) is 39.9 Å². The highest BCUT2D eigenvalue weighted by molar-refractivity contribution is 5.91. The first kappa shape index (κ1) is 19.4. The van der Waals surface area contributed by atoms with Crippen molar-refractivity contribution in [3.05, 3.63) is 23.8 Å². The topological polar surface area (TPSA) is 105 Å². The van der Waals surface area contributed by atoms with Crippen LogP contribution in [0.5, 0.6) is 0 Å². The molecule has 2 aromatic rings. The van der Waals surface area contributed by atoms with Gasteiger partial charge in [0.1, 0.15) is 0 Å². The molecule has 5 heterocycles. The van der Waals surface area contributed by atoms with E-state index < -0.39 is 0 Å². The molecule has 5 rings (SSSR count). The van der Waals surface area contributed by atoms with E-state index >= 15 is 0 Å². The molecule has 0 unspecified atom stereocenters. The molecule has 30 heavy (non-hydrogen) atoms. The monoisotopic (exact) mass is 413 g/mol. The largest absolute Gasteiger partial charge is 0.369 e. The Morgan fingerprint density at radius 3 is 3.00 bits per heavy atom. The molecule has 2 bridgehead atoms. The lowest BCUT2D eigenvalue weighted by molar-refractivity contribution is -0.122. The van der Waals surface area contributed by atoms with E-state index in [9.17, 15) is 9.59 Å². The van der Waals surface area contributed by atoms with Crippen LogP contribution in [0.25, 0.3) is 5.78 Å². The highest BCUT2D eigenvalue weighted by Gasteiger charge is 2.63. The molecule has 0 radical (unpaired) electrons. The number of aryl methyl sites for hydroxylation is 1. The summed E-state index contributed by atoms with van der Waals surface area (Å²) in [7, 11) is 3.75. The summed E-state index contributed by atoms with van der Waals surface area (Å²) >= 11 is 0. The fraction of sp³-hybridized carbons (Fsp3) is 0.650. The number of fused-ring (bicyclic) bond motifs is 2. The first-order valence-corrected chi connectivity index (χ1v) is 10.4. The molecule has 2 amide bonds. The van der Waals surface area contributed by atoms with E-state index in [1.165, 1.54) is 0 Å². The van der Waals surface area contributed by atoms with Crippen molar-refractivity contribution in [1.82, 2.24) is 34.7 Å². The average molecular weight is 413 g/mol. The van der Waals surface area contributed by atoms with E-state index in [1.54, 1.807) is 10.6 Å². The van der Waals surface area contributed by atoms with Crippen LogP contribution < -0.4 is 5.32 Å². The molecule has 3 fully saturated rings. The van der Waals surface area contributed by atoms with Crippen molar-refractivity contribution >= 4 is 17.6 Å². The number of nitrogens with one attached hydrogen (secondary N) is 1. The fourth-order valence-electron chi connectivity index (χ4n) is 5.35. The minimum absolute atomic E-state index is 0.0143. The lowest BCUT2D eigenvalue weighted by Crippen LogP contribution is -2.43. The quantitative estimate of drug-likeness (QED) is 0.719. The van der Waals surface area contributed by atoms with Gasteiger partial charge in [0.25, 0.3) is 11.7 Å². The van der Waals surface area contributed by atoms with Crippen LogP contribution in [0.15, 0.2) is 12.3 Å². The maximum Gasteiger partial charge on any atom is 0.292 e. The van der Waals surface area contributed by atoms with Gasteiger partial charge in [-0.2, -0.15) is 0 Å². The number of ether oxygens (including phenoxy) is 1. The van der Waals surface area contributed by atoms with Crippen LogP contribution in [0, 0.1) is 18.8 Å². The van der Waals surface area contributed by atoms with Crippen molar-refractivity contribution in [1.29, 1.82) is 0 Å². The van der Waals surface area contributed by atoms with Gasteiger partial charge in [0.05, 0.1) is 24.8 Å². The van der Waals surface area contributed by atoms with Crippen LogP contribution in [0.3, 0.4) is 0 Å². The van der Waals surface area contributed by atoms with Crippen LogP contribution in [0.4, 0.5) is 0 Å². The third-order valence-electron chi connectivity index (χ3n) is 6.68. The molecule has 1 spiro atoms. The van der Waals surface area contributed by atoms with Crippen molar-refractivity contribution in [2.45, 2.75) is 31.5 Å². The molecule has 0 saturated carbocycles. The first-order chi connectivity index (χ1) is 14.4. The van der Waals surface area contributed by atoms with Gasteiger partial charge in [-0.25, -0.2) is 4.98 Å². The van der Waals surface area contributed by atoms with Crippen molar-refractivity contribution in [3.8, 4) is 0 Å². The van der Waals surface area contributed by atoms with Gasteiger partial charge in [-0.15, -0.1) is 10.2 Å². The summed E-state index contributed by atoms with van der Waals surface area (Å²) < 4.78 is 8.04. The minimum Gasteiger partial charge on any atom is -0.369 e. The van der Waals surface area contributed by atoms with Gasteiger partial charge in [-0.1, -0.05) is 0 Å². The third kappa shape index (κ3) is 3.05. The van der Waals surface area contributed by atoms with Crippen LogP contribution in [0.1, 0.15) is 29.2 Å². The summed E-state index contributed by atoms with van der Waals surface area (Å²) in [4.78, 5) is 33.4. The van der Waals surface area contributed by atoms with Gasteiger partial charge in [0, 0.05) is 36.8 Å². The maximum atomic E-state index is 13.2. The summed E-state index contributed by atoms with van der Waals surface area (Å²) in [6, 6.07) is 1.83. The van der Waals surface area contributed by atoms with Gasteiger partial charge in [-0.3, -0.25) is 14.0 Å². The lowest BCUT2D eigenvalue weighted by atomic mass is 9.73. The second kappa shape index (κ2) is 6.98. The van der Waals surface area contributed by atoms with Gasteiger partial charge in [0.15, 0.2) is 0 Å². The van der Waals surface area contributed by atoms with Crippen molar-refractivity contribution < 1.29 is 14.3 Å². The predicted octanol–water partition coefficient (Wildman–Crippen LogP) is -0.270. The Morgan fingerprint density at radius 1 is 1.37 bits per heavy atom. The number of amides is 2. The lowest BCUT2D eigenvalue weighted by Gasteiger charge is -2.29. The van der Waals surface area contributed by atoms with Gasteiger partial charge in [0.2, 0.25) is 11.7 Å². The van der Waals surface area contributed by atoms with E-state index in [2.05, 4.69) is 20.5 Å². The second-order valence-corrected chi connectivity index (χ2v) is 9.02. The standard InChI is InChI=1S/C20H27N7O3/c1-12-5-7-27-17(23-24-19(27)22-12)18(29)26-9-14-13(8-21-16(28)10-25(2)3)15-4-6-20(14,11-26)30-15/h5,7,13-15H,4,6,8-11H2,1-3H3,(H,21,28)/t13-,14+,15+,20+/m0/s1. The average Bonchev–Trinajstić information content (AvgIpc) is 3.43. The summed E-state index contributed by atoms with van der Waals surface area (Å²) in [5.41, 5.74) is 0.528. The predicted molar refractivity (Wildman–Crippen MR) is 107 cm³/mol. The van der Waals surface area contributed by atoms with E-state index in [1.807, 2.05) is 36.9 Å². The Kier molecular flexibility index (Phi) is 4.51. The first-order valence-electron chi connectivity index (χ1n) is 10.4. The van der Waals surface area contributed by atoms with Gasteiger partial charge < -0.3 is 19.9 Å². The molecule has 2 aromatic heterocycles. The summed E-state index contributed by atoms with van der Waals surface area (Å²) in [6.45, 7) is 4.00. The SMILES string of the molecule is Cc1ccn2c(C(=O)N3C[C@@H]4[C@H](CNC(=O)CN(C)C)[C@H]5CC[C@]4(C3)O5)nnc2n1. The molecular weight excluding hydrogens is 386 g/mol. The number of hydrogen-bond donors (Lipinski definition) is 1. The summed E-state index contributed by atoms with van der Waals surface area (Å²) in [6.07, 6.45) is 3.87. The number of aromatic nitrogens is 4. The molecule has 1 N–H and O–H groups in total. The van der Waals surface area contributed by atoms with Gasteiger partial charge >= 0.3 is 0 Å². The Morgan fingerprint density at radius 2 is 2.20 bits per heavy atom. The highest BCUT2D eigenvalue weighted by Crippen LogP contribution is 2.54. The zero-order valence-electron chi connectivity index (χ0n) is 17.5. The molecule has 10 nitrogen and oxygen atoms in total. The van der Waals surface area contributed by atoms with E-state index in [-0.39, 0.29) is 41.2 Å². The number of rotatable bonds is 5. The molecule has 4 atom stereocenters. The number of hydrogen-bond acceptors (Lipinski definition) is 7. The summed E-state index contributed by atoms with van der Waals surface area (Å²) in [5, 5.41) is 11.2. The second-order valence-electron chi connectivity index (χ2n) is 9.02. The molecule has 0 aromatic carbocycles. The number of carbonyl (C=O) groups is 2. The van der Waals surface area contributed by atoms with E-state index in [0.29, 0.717) is 32.0 Å². The van der Waals surface area contributed by atoms with Crippen molar-refractivity contribution in [2.24, 2.45) is 11.8 Å². The summed E-state index contributed by atoms with van der Waals surface area (Å²) in [5.74, 6) is 1.01. The number of carbonyl (C=O) groups excluding carboxylic acids is 2. The van der Waals surface area contributed by atoms with Crippen LogP contribution >= 0.6 is 0 Å². The van der Waals surface area contributed by atoms with Crippen LogP contribution in [0.2, 0.25) is 0 Å². The molecule has 0 aliphatic carbocycles. The zero-order valence-corrected chi connectivity index (χ0v) is 17.5. The van der Waals surface area contributed by atoms with E-state index in [0.717, 1.165) is 18.5 Å². The Labute approximate surface area is 174 Å². The van der Waals surface area contributed by atoms with Crippen LogP contribution in [-0.2, 0) is 9.53 Å². The Balaban J connectivity index is 1.32. The molecule has 3 saturated heterocycles. The molecule has 3 aliphatic rings. The number of likely N-dealkylation sites (N-methyl/N-ethyl adjacent to an activating group) is 1. The number of likely N-dealkylation sites (tertiary alicyclic amines) is 1. The highest BCUT2D eigenvalue weighted by atomic mass is 16.5. The van der Waals surface area contributed by atoms with E-state index in [4.69, 9.17) is 4.74 Å². The fourth-order valence-corrected chi connectivity index (χ4v) is 5.35. The van der Waals surface area contributed by atoms with Crippen LogP contribution in [-0.4, -0.2) is 93.2 Å². The molecule has 160 valence electrons. The zero-order chi connectivity index (χ0) is 21.0. The third-order valence-corrected chi connectivity index (χ3v) is 6.68. The molecular formula is C20H27N7O3. The minimum atomic E-state index is -0.299. The van der Waals surface area contributed by atoms with Crippen molar-refractivity contribution in [2.75, 3.05) is 40.3 Å². The molecule has 3 aliphatic heterocycles. The smallest absolute Gasteiger partial charge is 0.292 e. The number of nitrogens with zero attached hydrogens (tertiary/aromatic N) is 6. The maximum absolute atomic E-state index is 13.2. The Hall–Kier alpha value is -2.59. The van der Waals surface area contributed by atoms with Crippen molar-refractivity contribution in [3.63, 3.8) is 0 Å².